The van der Waals surface area contributed by atoms with E-state index in [9.17, 15) is 0 Å². The average molecular weight is 479 g/mol. The largest absolute Gasteiger partial charge is 0.367 e. The molecule has 4 fully saturated rings. The number of aromatic nitrogens is 2. The summed E-state index contributed by atoms with van der Waals surface area (Å²) in [4.78, 5) is 6.73. The van der Waals surface area contributed by atoms with Crippen molar-refractivity contribution >= 4 is 18.5 Å². The lowest BCUT2D eigenvalue weighted by atomic mass is 9.43. The predicted molar refractivity (Wildman–Crippen MR) is 145 cm³/mol. The van der Waals surface area contributed by atoms with E-state index in [1.807, 2.05) is 0 Å². The fraction of sp³-hybridized carbons (Fsp3) is 0.586. The lowest BCUT2D eigenvalue weighted by molar-refractivity contribution is -0.0764. The zero-order valence-corrected chi connectivity index (χ0v) is 22.8. The van der Waals surface area contributed by atoms with Gasteiger partial charge in [-0.05, 0) is 114 Å². The van der Waals surface area contributed by atoms with Crippen LogP contribution in [-0.2, 0) is 5.16 Å². The number of aromatic amines is 2. The van der Waals surface area contributed by atoms with Gasteiger partial charge in [-0.1, -0.05) is 32.4 Å². The van der Waals surface area contributed by atoms with Crippen molar-refractivity contribution in [2.24, 2.45) is 34.5 Å². The van der Waals surface area contributed by atoms with E-state index in [1.165, 1.54) is 49.4 Å². The lowest BCUT2D eigenvalue weighted by Gasteiger charge is -2.62. The van der Waals surface area contributed by atoms with Crippen molar-refractivity contribution in [1.82, 2.24) is 9.97 Å². The molecule has 2 N–H and O–H groups in total. The summed E-state index contributed by atoms with van der Waals surface area (Å²) in [5.74, 6) is 3.61. The smallest absolute Gasteiger partial charge is 0.0590 e. The molecule has 4 bridgehead atoms. The summed E-state index contributed by atoms with van der Waals surface area (Å²) in [5.41, 5.74) is 8.23. The standard InChI is InChI=1S/C29H40N2P2/c1-27(2,3)23-11-24(28-13-18-8-19(14-28)10-20(9-18)26(28)17-32)25(12-23)29(33,21-4-6-30-15-21)22-5-7-31-16-22/h4-7,11,15-16,18-20,26,30-31H,8-10,12-14,17,32-33H2,1-3H3. The highest BCUT2D eigenvalue weighted by molar-refractivity contribution is 7.19. The third kappa shape index (κ3) is 3.27. The van der Waals surface area contributed by atoms with Crippen LogP contribution in [0.25, 0.3) is 0 Å². The number of allylic oxidation sites excluding steroid dienone is 4. The molecular weight excluding hydrogens is 438 g/mol. The highest BCUT2D eigenvalue weighted by Gasteiger charge is 2.59. The highest BCUT2D eigenvalue weighted by Crippen LogP contribution is 2.69. The molecular formula is C29H40N2P2. The normalized spacial score (nSPS) is 33.8. The van der Waals surface area contributed by atoms with Gasteiger partial charge in [-0.3, -0.25) is 0 Å². The molecule has 0 aliphatic heterocycles. The Balaban J connectivity index is 1.59. The van der Waals surface area contributed by atoms with Gasteiger partial charge in [0.05, 0.1) is 5.16 Å². The van der Waals surface area contributed by atoms with E-state index in [0.717, 1.165) is 30.1 Å². The van der Waals surface area contributed by atoms with E-state index >= 15 is 0 Å². The van der Waals surface area contributed by atoms with E-state index in [2.05, 4.69) is 92.2 Å². The van der Waals surface area contributed by atoms with E-state index in [1.54, 1.807) is 16.7 Å². The summed E-state index contributed by atoms with van der Waals surface area (Å²) in [6, 6.07) is 4.57. The van der Waals surface area contributed by atoms with Crippen LogP contribution in [0.4, 0.5) is 0 Å². The first-order valence-corrected chi connectivity index (χ1v) is 14.4. The van der Waals surface area contributed by atoms with Gasteiger partial charge in [0.2, 0.25) is 0 Å². The molecule has 5 atom stereocenters. The van der Waals surface area contributed by atoms with Gasteiger partial charge < -0.3 is 9.97 Å². The molecule has 4 heteroatoms. The second-order valence-electron chi connectivity index (χ2n) is 12.6. The van der Waals surface area contributed by atoms with E-state index in [4.69, 9.17) is 0 Å². The van der Waals surface area contributed by atoms with Gasteiger partial charge >= 0.3 is 0 Å². The third-order valence-corrected chi connectivity index (χ3v) is 11.4. The maximum Gasteiger partial charge on any atom is 0.0590 e. The van der Waals surface area contributed by atoms with Gasteiger partial charge in [0.1, 0.15) is 0 Å². The molecule has 2 aromatic heterocycles. The summed E-state index contributed by atoms with van der Waals surface area (Å²) in [5, 5.41) is -0.201. The summed E-state index contributed by atoms with van der Waals surface area (Å²) in [7, 11) is 6.51. The zero-order valence-electron chi connectivity index (χ0n) is 20.5. The van der Waals surface area contributed by atoms with Gasteiger partial charge in [-0.15, -0.1) is 18.5 Å². The molecule has 33 heavy (non-hydrogen) atoms. The summed E-state index contributed by atoms with van der Waals surface area (Å²) in [6.45, 7) is 7.22. The van der Waals surface area contributed by atoms with Crippen molar-refractivity contribution in [1.29, 1.82) is 0 Å². The van der Waals surface area contributed by atoms with Crippen LogP contribution >= 0.6 is 18.5 Å². The van der Waals surface area contributed by atoms with Gasteiger partial charge in [0.25, 0.3) is 0 Å². The Morgan fingerprint density at radius 1 is 0.970 bits per heavy atom. The number of hydrogen-bond donors (Lipinski definition) is 2. The Hall–Kier alpha value is -1.10. The van der Waals surface area contributed by atoms with Crippen LogP contribution in [0.2, 0.25) is 0 Å². The third-order valence-electron chi connectivity index (χ3n) is 9.87. The van der Waals surface area contributed by atoms with Crippen molar-refractivity contribution in [3.63, 3.8) is 0 Å². The zero-order chi connectivity index (χ0) is 23.0. The Bertz CT molecular complexity index is 1040. The SMILES string of the molecule is CC(C)(C)C1=CC(C23CC4CC(CC(C4)C2CP)C3)=C(C(P)(c2cc[nH]c2)c2cc[nH]c2)C1. The number of H-pyrrole nitrogens is 2. The fourth-order valence-corrected chi connectivity index (χ4v) is 9.97. The number of nitrogens with one attached hydrogen (secondary N) is 2. The molecule has 0 amide bonds. The molecule has 0 radical (unpaired) electrons. The second kappa shape index (κ2) is 7.70. The maximum atomic E-state index is 3.37. The van der Waals surface area contributed by atoms with Crippen molar-refractivity contribution in [2.45, 2.75) is 64.5 Å². The molecule has 0 saturated heterocycles. The number of rotatable bonds is 5. The van der Waals surface area contributed by atoms with Crippen LogP contribution in [0.15, 0.2) is 59.7 Å². The van der Waals surface area contributed by atoms with Gasteiger partial charge in [0, 0.05) is 24.8 Å². The Morgan fingerprint density at radius 3 is 2.06 bits per heavy atom. The van der Waals surface area contributed by atoms with Crippen molar-refractivity contribution in [3.8, 4) is 0 Å². The Morgan fingerprint density at radius 2 is 1.58 bits per heavy atom. The quantitative estimate of drug-likeness (QED) is 0.418. The molecule has 176 valence electrons. The molecule has 4 saturated carbocycles. The Labute approximate surface area is 204 Å². The first kappa shape index (κ1) is 22.4. The molecule has 0 spiro atoms. The highest BCUT2D eigenvalue weighted by atomic mass is 31.0. The van der Waals surface area contributed by atoms with Gasteiger partial charge in [0.15, 0.2) is 0 Å². The van der Waals surface area contributed by atoms with Crippen molar-refractivity contribution in [3.05, 3.63) is 70.8 Å². The monoisotopic (exact) mass is 478 g/mol. The topological polar surface area (TPSA) is 31.6 Å². The van der Waals surface area contributed by atoms with Gasteiger partial charge in [-0.2, -0.15) is 0 Å². The van der Waals surface area contributed by atoms with E-state index in [0.29, 0.717) is 5.41 Å². The van der Waals surface area contributed by atoms with Crippen LogP contribution < -0.4 is 0 Å². The Kier molecular flexibility index (Phi) is 5.22. The van der Waals surface area contributed by atoms with Gasteiger partial charge in [-0.25, -0.2) is 0 Å². The predicted octanol–water partition coefficient (Wildman–Crippen LogP) is 7.45. The van der Waals surface area contributed by atoms with E-state index < -0.39 is 0 Å². The maximum absolute atomic E-state index is 3.37. The minimum absolute atomic E-state index is 0.188. The molecule has 2 aromatic rings. The molecule has 5 aliphatic carbocycles. The summed E-state index contributed by atoms with van der Waals surface area (Å²) >= 11 is 0. The first-order valence-electron chi connectivity index (χ1n) is 13.0. The minimum atomic E-state index is -0.201. The van der Waals surface area contributed by atoms with Crippen LogP contribution in [0.5, 0.6) is 0 Å². The molecule has 0 aromatic carbocycles. The van der Waals surface area contributed by atoms with Crippen LogP contribution in [-0.4, -0.2) is 16.1 Å². The summed E-state index contributed by atoms with van der Waals surface area (Å²) in [6.07, 6.45) is 20.9. The van der Waals surface area contributed by atoms with Crippen LogP contribution in [0.3, 0.4) is 0 Å². The van der Waals surface area contributed by atoms with Crippen molar-refractivity contribution < 1.29 is 0 Å². The molecule has 5 unspecified atom stereocenters. The number of hydrogen-bond acceptors (Lipinski definition) is 0. The van der Waals surface area contributed by atoms with Crippen molar-refractivity contribution in [2.75, 3.05) is 6.16 Å². The molecule has 5 aliphatic rings. The average Bonchev–Trinajstić information content (AvgIpc) is 3.54. The second-order valence-corrected chi connectivity index (χ2v) is 13.9. The molecule has 2 heterocycles. The van der Waals surface area contributed by atoms with Crippen LogP contribution in [0, 0.1) is 34.5 Å². The summed E-state index contributed by atoms with van der Waals surface area (Å²) < 4.78 is 0. The first-order chi connectivity index (χ1) is 15.8. The van der Waals surface area contributed by atoms with Crippen LogP contribution in [0.1, 0.15) is 70.4 Å². The molecule has 7 rings (SSSR count). The minimum Gasteiger partial charge on any atom is -0.367 e. The fourth-order valence-electron chi connectivity index (χ4n) is 8.51. The van der Waals surface area contributed by atoms with E-state index in [-0.39, 0.29) is 10.6 Å². The molecule has 2 nitrogen and oxygen atoms in total. The lowest BCUT2D eigenvalue weighted by Crippen LogP contribution is -2.54.